The molecule has 0 aliphatic carbocycles. The van der Waals surface area contributed by atoms with Crippen molar-refractivity contribution in [2.24, 2.45) is 0 Å². The number of ether oxygens (including phenoxy) is 1. The highest BCUT2D eigenvalue weighted by Crippen LogP contribution is 2.05. The summed E-state index contributed by atoms with van der Waals surface area (Å²) < 4.78 is 5.02. The first-order chi connectivity index (χ1) is 11.6. The smallest absolute Gasteiger partial charge is 0.412 e. The summed E-state index contributed by atoms with van der Waals surface area (Å²) in [7, 11) is 0. The zero-order chi connectivity index (χ0) is 17.2. The first kappa shape index (κ1) is 17.3. The Hall–Kier alpha value is -3.08. The van der Waals surface area contributed by atoms with Crippen LogP contribution in [0.4, 0.5) is 4.79 Å². The van der Waals surface area contributed by atoms with Gasteiger partial charge in [-0.3, -0.25) is 5.32 Å². The fourth-order valence-corrected chi connectivity index (χ4v) is 2.09. The normalized spacial score (nSPS) is 10.9. The number of carboxylic acid groups (broad SMARTS) is 1. The number of carboxylic acids is 1. The fourth-order valence-electron chi connectivity index (χ4n) is 2.09. The molecule has 0 unspecified atom stereocenters. The molecule has 2 aromatic carbocycles. The lowest BCUT2D eigenvalue weighted by molar-refractivity contribution is -0.133. The molecule has 0 aliphatic heterocycles. The lowest BCUT2D eigenvalue weighted by Crippen LogP contribution is -2.28. The summed E-state index contributed by atoms with van der Waals surface area (Å²) in [6.07, 6.45) is 1.90. The Kier molecular flexibility index (Phi) is 6.58. The quantitative estimate of drug-likeness (QED) is 0.764. The van der Waals surface area contributed by atoms with Gasteiger partial charge >= 0.3 is 12.1 Å². The van der Waals surface area contributed by atoms with Crippen LogP contribution in [0, 0.1) is 0 Å². The molecule has 0 heterocycles. The molecule has 0 saturated heterocycles. The number of alkyl carbamates (subject to hydrolysis) is 1. The number of carbonyl (C=O) groups excluding carboxylic acids is 1. The number of rotatable bonds is 7. The summed E-state index contributed by atoms with van der Waals surface area (Å²) in [5.74, 6) is -1.19. The van der Waals surface area contributed by atoms with Gasteiger partial charge in [0.05, 0.1) is 0 Å². The van der Waals surface area contributed by atoms with Crippen LogP contribution in [0.2, 0.25) is 0 Å². The molecule has 24 heavy (non-hydrogen) atoms. The number of hydrogen-bond donors (Lipinski definition) is 2. The van der Waals surface area contributed by atoms with E-state index in [1.54, 1.807) is 0 Å². The van der Waals surface area contributed by atoms with Crippen LogP contribution in [-0.2, 0) is 22.6 Å². The van der Waals surface area contributed by atoms with Gasteiger partial charge in [0.25, 0.3) is 0 Å². The van der Waals surface area contributed by atoms with Crippen LogP contribution in [0.3, 0.4) is 0 Å². The summed E-state index contributed by atoms with van der Waals surface area (Å²) in [5, 5.41) is 11.4. The van der Waals surface area contributed by atoms with E-state index in [1.165, 1.54) is 6.08 Å². The van der Waals surface area contributed by atoms with E-state index in [2.05, 4.69) is 5.32 Å². The van der Waals surface area contributed by atoms with E-state index in [4.69, 9.17) is 9.84 Å². The van der Waals surface area contributed by atoms with Crippen LogP contribution >= 0.6 is 0 Å². The van der Waals surface area contributed by atoms with E-state index in [1.807, 2.05) is 60.7 Å². The third kappa shape index (κ3) is 5.96. The Morgan fingerprint density at radius 2 is 1.54 bits per heavy atom. The molecule has 0 bridgehead atoms. The highest BCUT2D eigenvalue weighted by Gasteiger charge is 2.12. The highest BCUT2D eigenvalue weighted by atomic mass is 16.5. The van der Waals surface area contributed by atoms with Gasteiger partial charge in [-0.25, -0.2) is 9.59 Å². The van der Waals surface area contributed by atoms with Crippen molar-refractivity contribution in [3.63, 3.8) is 0 Å². The largest absolute Gasteiger partial charge is 0.477 e. The van der Waals surface area contributed by atoms with Gasteiger partial charge in [-0.2, -0.15) is 0 Å². The molecule has 0 saturated carbocycles. The number of aliphatic carboxylic acids is 1. The Morgan fingerprint density at radius 3 is 2.12 bits per heavy atom. The van der Waals surface area contributed by atoms with Crippen LogP contribution in [-0.4, -0.2) is 17.2 Å². The molecule has 2 aromatic rings. The second-order valence-corrected chi connectivity index (χ2v) is 5.13. The van der Waals surface area contributed by atoms with Crippen molar-refractivity contribution in [1.29, 1.82) is 0 Å². The molecule has 0 spiro atoms. The van der Waals surface area contributed by atoms with E-state index in [0.717, 1.165) is 11.1 Å². The van der Waals surface area contributed by atoms with E-state index >= 15 is 0 Å². The van der Waals surface area contributed by atoms with Gasteiger partial charge in [-0.1, -0.05) is 66.7 Å². The molecule has 2 N–H and O–H groups in total. The van der Waals surface area contributed by atoms with Gasteiger partial charge in [-0.05, 0) is 24.0 Å². The van der Waals surface area contributed by atoms with Crippen molar-refractivity contribution in [3.8, 4) is 0 Å². The maximum atomic E-state index is 11.7. The maximum Gasteiger partial charge on any atom is 0.412 e. The molecule has 0 aromatic heterocycles. The molecule has 2 rings (SSSR count). The van der Waals surface area contributed by atoms with Gasteiger partial charge in [0.1, 0.15) is 12.3 Å². The second kappa shape index (κ2) is 9.15. The number of benzene rings is 2. The molecule has 0 atom stereocenters. The molecular weight excluding hydrogens is 306 g/mol. The summed E-state index contributed by atoms with van der Waals surface area (Å²) in [4.78, 5) is 22.9. The number of nitrogens with one attached hydrogen (secondary N) is 1. The number of hydrogen-bond acceptors (Lipinski definition) is 3. The summed E-state index contributed by atoms with van der Waals surface area (Å²) in [6.45, 7) is 0.0869. The van der Waals surface area contributed by atoms with E-state index in [9.17, 15) is 9.59 Å². The summed E-state index contributed by atoms with van der Waals surface area (Å²) in [5.41, 5.74) is 1.76. The van der Waals surface area contributed by atoms with Crippen LogP contribution in [0.25, 0.3) is 0 Å². The first-order valence-electron chi connectivity index (χ1n) is 7.60. The van der Waals surface area contributed by atoms with Gasteiger partial charge in [-0.15, -0.1) is 0 Å². The van der Waals surface area contributed by atoms with E-state index in [0.29, 0.717) is 12.8 Å². The highest BCUT2D eigenvalue weighted by molar-refractivity contribution is 5.90. The van der Waals surface area contributed by atoms with Crippen LogP contribution < -0.4 is 5.32 Å². The summed E-state index contributed by atoms with van der Waals surface area (Å²) >= 11 is 0. The third-order valence-corrected chi connectivity index (χ3v) is 3.30. The molecule has 0 fully saturated rings. The maximum absolute atomic E-state index is 11.7. The molecule has 5 heteroatoms. The lowest BCUT2D eigenvalue weighted by Gasteiger charge is -2.08. The van der Waals surface area contributed by atoms with Crippen molar-refractivity contribution in [2.45, 2.75) is 19.4 Å². The van der Waals surface area contributed by atoms with Crippen molar-refractivity contribution >= 4 is 12.1 Å². The Bertz CT molecular complexity index is 696. The number of aryl methyl sites for hydroxylation is 1. The number of amides is 1. The minimum atomic E-state index is -1.19. The zero-order valence-corrected chi connectivity index (χ0v) is 13.1. The zero-order valence-electron chi connectivity index (χ0n) is 13.1. The fraction of sp³-hybridized carbons (Fsp3) is 0.158. The SMILES string of the molecule is O=C(N/C(=C\CCc1ccccc1)C(=O)O)OCc1ccccc1. The number of carbonyl (C=O) groups is 2. The van der Waals surface area contributed by atoms with Gasteiger partial charge < -0.3 is 9.84 Å². The average molecular weight is 325 g/mol. The van der Waals surface area contributed by atoms with Crippen LogP contribution in [0.1, 0.15) is 17.5 Å². The predicted octanol–water partition coefficient (Wildman–Crippen LogP) is 3.51. The molecule has 5 nitrogen and oxygen atoms in total. The minimum absolute atomic E-state index is 0.0869. The van der Waals surface area contributed by atoms with Crippen molar-refractivity contribution in [3.05, 3.63) is 83.6 Å². The number of allylic oxidation sites excluding steroid dienone is 1. The van der Waals surface area contributed by atoms with Crippen molar-refractivity contribution < 1.29 is 19.4 Å². The first-order valence-corrected chi connectivity index (χ1v) is 7.60. The van der Waals surface area contributed by atoms with E-state index < -0.39 is 12.1 Å². The molecule has 0 aliphatic rings. The van der Waals surface area contributed by atoms with Gasteiger partial charge in [0.15, 0.2) is 0 Å². The Morgan fingerprint density at radius 1 is 0.958 bits per heavy atom. The van der Waals surface area contributed by atoms with Crippen molar-refractivity contribution in [2.75, 3.05) is 0 Å². The second-order valence-electron chi connectivity index (χ2n) is 5.13. The lowest BCUT2D eigenvalue weighted by atomic mass is 10.1. The molecule has 124 valence electrons. The predicted molar refractivity (Wildman–Crippen MR) is 90.2 cm³/mol. The standard InChI is InChI=1S/C19H19NO4/c21-18(22)17(13-7-12-15-8-3-1-4-9-15)20-19(23)24-14-16-10-5-2-6-11-16/h1-6,8-11,13H,7,12,14H2,(H,20,23)(H,21,22)/b17-13-. The topological polar surface area (TPSA) is 75.6 Å². The van der Waals surface area contributed by atoms with Gasteiger partial charge in [0, 0.05) is 0 Å². The van der Waals surface area contributed by atoms with Gasteiger partial charge in [0.2, 0.25) is 0 Å². The Balaban J connectivity index is 1.84. The van der Waals surface area contributed by atoms with E-state index in [-0.39, 0.29) is 12.3 Å². The monoisotopic (exact) mass is 325 g/mol. The third-order valence-electron chi connectivity index (χ3n) is 3.30. The van der Waals surface area contributed by atoms with Crippen LogP contribution in [0.15, 0.2) is 72.4 Å². The minimum Gasteiger partial charge on any atom is -0.477 e. The molecular formula is C19H19NO4. The molecule has 0 radical (unpaired) electrons. The Labute approximate surface area is 140 Å². The average Bonchev–Trinajstić information content (AvgIpc) is 2.61. The molecule has 1 amide bonds. The van der Waals surface area contributed by atoms with Crippen molar-refractivity contribution in [1.82, 2.24) is 5.32 Å². The summed E-state index contributed by atoms with van der Waals surface area (Å²) in [6, 6.07) is 18.9. The van der Waals surface area contributed by atoms with Crippen LogP contribution in [0.5, 0.6) is 0 Å².